The van der Waals surface area contributed by atoms with E-state index in [1.807, 2.05) is 0 Å². The number of hydrogen-bond donors (Lipinski definition) is 0. The second-order valence-electron chi connectivity index (χ2n) is 4.12. The van der Waals surface area contributed by atoms with Crippen LogP contribution in [-0.4, -0.2) is 18.8 Å². The van der Waals surface area contributed by atoms with E-state index in [4.69, 9.17) is 0 Å². The van der Waals surface area contributed by atoms with Crippen LogP contribution in [0.1, 0.15) is 19.8 Å². The molecule has 1 fully saturated rings. The molecule has 0 atom stereocenters. The minimum absolute atomic E-state index is 0.417. The SMILES string of the molecule is CC1(C#CS(C)(C)C)CC1. The van der Waals surface area contributed by atoms with Crippen molar-refractivity contribution in [3.05, 3.63) is 0 Å². The molecule has 0 saturated heterocycles. The van der Waals surface area contributed by atoms with Crippen molar-refractivity contribution in [3.8, 4) is 11.2 Å². The van der Waals surface area contributed by atoms with Crippen molar-refractivity contribution in [1.82, 2.24) is 0 Å². The van der Waals surface area contributed by atoms with E-state index in [-0.39, 0.29) is 0 Å². The van der Waals surface area contributed by atoms with E-state index < -0.39 is 10.0 Å². The van der Waals surface area contributed by atoms with Crippen LogP contribution in [0, 0.1) is 16.6 Å². The second-order valence-corrected chi connectivity index (χ2v) is 8.00. The zero-order valence-corrected chi connectivity index (χ0v) is 8.14. The zero-order chi connectivity index (χ0) is 7.83. The first-order valence-corrected chi connectivity index (χ1v) is 6.49. The highest BCUT2D eigenvalue weighted by Gasteiger charge is 2.35. The summed E-state index contributed by atoms with van der Waals surface area (Å²) < 4.78 is 0. The van der Waals surface area contributed by atoms with Crippen LogP contribution in [-0.2, 0) is 0 Å². The Hall–Kier alpha value is -0.0900. The van der Waals surface area contributed by atoms with E-state index in [9.17, 15) is 0 Å². The lowest BCUT2D eigenvalue weighted by atomic mass is 10.2. The molecule has 0 spiro atoms. The predicted molar refractivity (Wildman–Crippen MR) is 50.5 cm³/mol. The molecule has 0 aromatic carbocycles. The van der Waals surface area contributed by atoms with Gasteiger partial charge in [-0.2, -0.15) is 10.0 Å². The maximum atomic E-state index is 3.36. The second kappa shape index (κ2) is 2.20. The molecule has 0 radical (unpaired) electrons. The molecular weight excluding hydrogens is 140 g/mol. The Morgan fingerprint density at radius 2 is 1.70 bits per heavy atom. The van der Waals surface area contributed by atoms with Gasteiger partial charge in [0.15, 0.2) is 0 Å². The third-order valence-electron chi connectivity index (χ3n) is 1.66. The fourth-order valence-electron chi connectivity index (χ4n) is 0.589. The Morgan fingerprint density at radius 3 is 2.00 bits per heavy atom. The maximum absolute atomic E-state index is 3.36. The van der Waals surface area contributed by atoms with Gasteiger partial charge in [-0.15, -0.1) is 0 Å². The number of rotatable bonds is 0. The van der Waals surface area contributed by atoms with Gasteiger partial charge < -0.3 is 0 Å². The van der Waals surface area contributed by atoms with Crippen LogP contribution in [0.5, 0.6) is 0 Å². The van der Waals surface area contributed by atoms with Crippen molar-refractivity contribution < 1.29 is 0 Å². The first-order chi connectivity index (χ1) is 4.41. The van der Waals surface area contributed by atoms with Gasteiger partial charge in [-0.05, 0) is 38.5 Å². The molecule has 0 aliphatic heterocycles. The molecule has 1 heteroatoms. The summed E-state index contributed by atoms with van der Waals surface area (Å²) in [4.78, 5) is 0. The van der Waals surface area contributed by atoms with E-state index in [2.05, 4.69) is 36.9 Å². The molecule has 0 unspecified atom stereocenters. The smallest absolute Gasteiger partial charge is 0.0296 e. The van der Waals surface area contributed by atoms with Gasteiger partial charge in [-0.25, -0.2) is 0 Å². The van der Waals surface area contributed by atoms with Crippen LogP contribution in [0.2, 0.25) is 0 Å². The standard InChI is InChI=1S/C9H16S/c1-9(5-6-9)7-8-10(2,3)4/h5-6H2,1-4H3. The predicted octanol–water partition coefficient (Wildman–Crippen LogP) is 2.44. The molecule has 1 aliphatic carbocycles. The van der Waals surface area contributed by atoms with Crippen molar-refractivity contribution in [2.45, 2.75) is 19.8 Å². The molecule has 58 valence electrons. The average molecular weight is 156 g/mol. The highest BCUT2D eigenvalue weighted by molar-refractivity contribution is 8.35. The topological polar surface area (TPSA) is 0 Å². The lowest BCUT2D eigenvalue weighted by Gasteiger charge is -2.15. The summed E-state index contributed by atoms with van der Waals surface area (Å²) in [5.74, 6) is 3.36. The molecule has 0 bridgehead atoms. The molecule has 0 amide bonds. The summed E-state index contributed by atoms with van der Waals surface area (Å²) in [6.07, 6.45) is 9.36. The Morgan fingerprint density at radius 1 is 1.20 bits per heavy atom. The summed E-state index contributed by atoms with van der Waals surface area (Å²) >= 11 is 0. The van der Waals surface area contributed by atoms with E-state index in [0.717, 1.165) is 0 Å². The molecule has 0 N–H and O–H groups in total. The van der Waals surface area contributed by atoms with Gasteiger partial charge in [0, 0.05) is 5.41 Å². The van der Waals surface area contributed by atoms with Gasteiger partial charge in [-0.3, -0.25) is 0 Å². The number of hydrogen-bond acceptors (Lipinski definition) is 0. The first kappa shape index (κ1) is 8.01. The highest BCUT2D eigenvalue weighted by Crippen LogP contribution is 2.45. The van der Waals surface area contributed by atoms with Crippen LogP contribution in [0.4, 0.5) is 0 Å². The Labute approximate surface area is 65.7 Å². The fraction of sp³-hybridized carbons (Fsp3) is 0.778. The average Bonchev–Trinajstić information content (AvgIpc) is 2.43. The van der Waals surface area contributed by atoms with Crippen LogP contribution in [0.3, 0.4) is 0 Å². The van der Waals surface area contributed by atoms with Gasteiger partial charge >= 0.3 is 0 Å². The normalized spacial score (nSPS) is 22.8. The third kappa shape index (κ3) is 2.66. The van der Waals surface area contributed by atoms with Crippen LogP contribution in [0.25, 0.3) is 0 Å². The van der Waals surface area contributed by atoms with Crippen molar-refractivity contribution in [1.29, 1.82) is 0 Å². The van der Waals surface area contributed by atoms with E-state index in [1.54, 1.807) is 0 Å². The molecular formula is C9H16S. The lowest BCUT2D eigenvalue weighted by Crippen LogP contribution is -1.89. The third-order valence-corrected chi connectivity index (χ3v) is 2.37. The summed E-state index contributed by atoms with van der Waals surface area (Å²) in [6.45, 7) is 2.26. The van der Waals surface area contributed by atoms with Gasteiger partial charge in [0.05, 0.1) is 0 Å². The minimum Gasteiger partial charge on any atom is -0.186 e. The highest BCUT2D eigenvalue weighted by atomic mass is 32.3. The van der Waals surface area contributed by atoms with Crippen molar-refractivity contribution in [2.24, 2.45) is 5.41 Å². The maximum Gasteiger partial charge on any atom is 0.0296 e. The van der Waals surface area contributed by atoms with Crippen molar-refractivity contribution in [3.63, 3.8) is 0 Å². The van der Waals surface area contributed by atoms with Gasteiger partial charge in [-0.1, -0.05) is 11.2 Å². The Kier molecular flexibility index (Phi) is 1.76. The molecule has 1 rings (SSSR count). The molecule has 1 saturated carbocycles. The van der Waals surface area contributed by atoms with Gasteiger partial charge in [0.25, 0.3) is 0 Å². The molecule has 0 nitrogen and oxygen atoms in total. The van der Waals surface area contributed by atoms with E-state index in [0.29, 0.717) is 5.41 Å². The first-order valence-electron chi connectivity index (χ1n) is 3.64. The van der Waals surface area contributed by atoms with Crippen molar-refractivity contribution >= 4 is 10.0 Å². The molecule has 10 heavy (non-hydrogen) atoms. The van der Waals surface area contributed by atoms with E-state index in [1.165, 1.54) is 12.8 Å². The van der Waals surface area contributed by atoms with E-state index >= 15 is 0 Å². The fourth-order valence-corrected chi connectivity index (χ4v) is 1.14. The zero-order valence-electron chi connectivity index (χ0n) is 7.32. The quantitative estimate of drug-likeness (QED) is 0.473. The monoisotopic (exact) mass is 156 g/mol. The molecule has 0 aromatic rings. The summed E-state index contributed by atoms with van der Waals surface area (Å²) in [5.41, 5.74) is 0.417. The van der Waals surface area contributed by atoms with Crippen LogP contribution >= 0.6 is 10.0 Å². The van der Waals surface area contributed by atoms with Crippen molar-refractivity contribution in [2.75, 3.05) is 18.8 Å². The summed E-state index contributed by atoms with van der Waals surface area (Å²) in [6, 6.07) is 0. The van der Waals surface area contributed by atoms with Gasteiger partial charge in [0.2, 0.25) is 0 Å². The lowest BCUT2D eigenvalue weighted by molar-refractivity contribution is 0.783. The van der Waals surface area contributed by atoms with Crippen LogP contribution < -0.4 is 0 Å². The molecule has 0 heterocycles. The molecule has 0 aromatic heterocycles. The Bertz CT molecular complexity index is 174. The summed E-state index contributed by atoms with van der Waals surface area (Å²) in [7, 11) is -0.578. The Balaban J connectivity index is 2.54. The van der Waals surface area contributed by atoms with Crippen LogP contribution in [0.15, 0.2) is 0 Å². The molecule has 1 aliphatic rings. The minimum atomic E-state index is -0.578. The largest absolute Gasteiger partial charge is 0.186 e. The summed E-state index contributed by atoms with van der Waals surface area (Å²) in [5, 5.41) is 3.36. The van der Waals surface area contributed by atoms with Gasteiger partial charge in [0.1, 0.15) is 0 Å².